The number of methoxy groups -OCH3 is 1. The minimum atomic E-state index is -0.281. The van der Waals surface area contributed by atoms with Crippen LogP contribution in [-0.2, 0) is 0 Å². The molecule has 0 bridgehead atoms. The Hall–Kier alpha value is -2.37. The van der Waals surface area contributed by atoms with Crippen molar-refractivity contribution in [2.24, 2.45) is 0 Å². The number of halogens is 1. The number of hydrogen-bond donors (Lipinski definition) is 0. The Kier molecular flexibility index (Phi) is 4.32. The Bertz CT molecular complexity index is 679. The number of hydrogen-bond acceptors (Lipinski definition) is 5. The van der Waals surface area contributed by atoms with Crippen molar-refractivity contribution in [3.8, 4) is 5.75 Å². The molecule has 5 nitrogen and oxygen atoms in total. The zero-order chi connectivity index (χ0) is 16.4. The first-order chi connectivity index (χ1) is 11.1. The molecule has 0 N–H and O–H groups in total. The van der Waals surface area contributed by atoms with E-state index < -0.39 is 0 Å². The molecule has 0 amide bonds. The molecule has 0 unspecified atom stereocenters. The molecule has 122 valence electrons. The van der Waals surface area contributed by atoms with Gasteiger partial charge in [-0.3, -0.25) is 0 Å². The van der Waals surface area contributed by atoms with Gasteiger partial charge in [0.05, 0.1) is 12.8 Å². The van der Waals surface area contributed by atoms with Gasteiger partial charge in [0.2, 0.25) is 0 Å². The van der Waals surface area contributed by atoms with Crippen LogP contribution < -0.4 is 14.5 Å². The quantitative estimate of drug-likeness (QED) is 0.870. The highest BCUT2D eigenvalue weighted by Gasteiger charge is 2.21. The van der Waals surface area contributed by atoms with E-state index >= 15 is 0 Å². The standard InChI is InChI=1S/C17H21FN4O/c1-12-10-17(20-13(2)19-12)22-8-6-21(7-9-22)15-5-4-14(18)11-16(15)23-3/h4-5,10-11H,6-9H2,1-3H3. The Morgan fingerprint density at radius 3 is 2.35 bits per heavy atom. The second-order valence-corrected chi connectivity index (χ2v) is 5.71. The predicted octanol–water partition coefficient (Wildman–Crippen LogP) is 2.57. The lowest BCUT2D eigenvalue weighted by atomic mass is 10.2. The van der Waals surface area contributed by atoms with E-state index in [1.807, 2.05) is 19.9 Å². The number of nitrogens with zero attached hydrogens (tertiary/aromatic N) is 4. The second kappa shape index (κ2) is 6.40. The summed E-state index contributed by atoms with van der Waals surface area (Å²) >= 11 is 0. The number of aryl methyl sites for hydroxylation is 2. The number of anilines is 2. The fourth-order valence-corrected chi connectivity index (χ4v) is 2.95. The minimum Gasteiger partial charge on any atom is -0.494 e. The first kappa shape index (κ1) is 15.5. The third kappa shape index (κ3) is 3.36. The molecule has 2 heterocycles. The molecule has 1 aliphatic rings. The molecule has 1 saturated heterocycles. The van der Waals surface area contributed by atoms with Crippen LogP contribution in [0.2, 0.25) is 0 Å². The van der Waals surface area contributed by atoms with Gasteiger partial charge in [-0.2, -0.15) is 0 Å². The number of benzene rings is 1. The van der Waals surface area contributed by atoms with Crippen molar-refractivity contribution in [1.82, 2.24) is 9.97 Å². The Morgan fingerprint density at radius 2 is 1.70 bits per heavy atom. The summed E-state index contributed by atoms with van der Waals surface area (Å²) < 4.78 is 18.6. The average molecular weight is 316 g/mol. The van der Waals surface area contributed by atoms with Crippen molar-refractivity contribution < 1.29 is 9.13 Å². The maximum Gasteiger partial charge on any atom is 0.145 e. The summed E-state index contributed by atoms with van der Waals surface area (Å²) in [6.07, 6.45) is 0. The second-order valence-electron chi connectivity index (χ2n) is 5.71. The molecule has 3 rings (SSSR count). The van der Waals surface area contributed by atoms with Crippen molar-refractivity contribution in [1.29, 1.82) is 0 Å². The Balaban J connectivity index is 1.73. The topological polar surface area (TPSA) is 41.5 Å². The zero-order valence-corrected chi connectivity index (χ0v) is 13.7. The molecule has 1 aromatic carbocycles. The first-order valence-corrected chi connectivity index (χ1v) is 7.72. The van der Waals surface area contributed by atoms with Crippen LogP contribution >= 0.6 is 0 Å². The van der Waals surface area contributed by atoms with Gasteiger partial charge in [0, 0.05) is 44.0 Å². The minimum absolute atomic E-state index is 0.281. The lowest BCUT2D eigenvalue weighted by Crippen LogP contribution is -2.47. The van der Waals surface area contributed by atoms with Gasteiger partial charge in [0.15, 0.2) is 0 Å². The van der Waals surface area contributed by atoms with E-state index in [1.165, 1.54) is 12.1 Å². The molecule has 6 heteroatoms. The van der Waals surface area contributed by atoms with E-state index in [1.54, 1.807) is 13.2 Å². The fourth-order valence-electron chi connectivity index (χ4n) is 2.95. The molecule has 0 radical (unpaired) electrons. The normalized spacial score (nSPS) is 15.0. The summed E-state index contributed by atoms with van der Waals surface area (Å²) in [4.78, 5) is 13.3. The van der Waals surface area contributed by atoms with Crippen LogP contribution in [0.3, 0.4) is 0 Å². The van der Waals surface area contributed by atoms with Crippen LogP contribution in [0.1, 0.15) is 11.5 Å². The monoisotopic (exact) mass is 316 g/mol. The van der Waals surface area contributed by atoms with E-state index in [4.69, 9.17) is 4.74 Å². The molecule has 0 saturated carbocycles. The third-order valence-corrected chi connectivity index (χ3v) is 4.04. The summed E-state index contributed by atoms with van der Waals surface area (Å²) in [5.74, 6) is 2.06. The number of piperazine rings is 1. The average Bonchev–Trinajstić information content (AvgIpc) is 2.54. The van der Waals surface area contributed by atoms with Crippen LogP contribution in [0.15, 0.2) is 24.3 Å². The smallest absolute Gasteiger partial charge is 0.145 e. The van der Waals surface area contributed by atoms with Crippen molar-refractivity contribution in [2.45, 2.75) is 13.8 Å². The van der Waals surface area contributed by atoms with E-state index in [0.29, 0.717) is 5.75 Å². The summed E-state index contributed by atoms with van der Waals surface area (Å²) in [6, 6.07) is 6.70. The van der Waals surface area contributed by atoms with E-state index in [0.717, 1.165) is 49.2 Å². The zero-order valence-electron chi connectivity index (χ0n) is 13.7. The molecule has 23 heavy (non-hydrogen) atoms. The van der Waals surface area contributed by atoms with Gasteiger partial charge in [-0.1, -0.05) is 0 Å². The SMILES string of the molecule is COc1cc(F)ccc1N1CCN(c2cc(C)nc(C)n2)CC1. The highest BCUT2D eigenvalue weighted by molar-refractivity contribution is 5.59. The highest BCUT2D eigenvalue weighted by Crippen LogP contribution is 2.30. The van der Waals surface area contributed by atoms with Gasteiger partial charge < -0.3 is 14.5 Å². The molecule has 0 spiro atoms. The highest BCUT2D eigenvalue weighted by atomic mass is 19.1. The van der Waals surface area contributed by atoms with Crippen molar-refractivity contribution in [3.63, 3.8) is 0 Å². The Labute approximate surface area is 135 Å². The van der Waals surface area contributed by atoms with Crippen LogP contribution in [0.5, 0.6) is 5.75 Å². The molecule has 1 aliphatic heterocycles. The molecular weight excluding hydrogens is 295 g/mol. The summed E-state index contributed by atoms with van der Waals surface area (Å²) in [5.41, 5.74) is 1.92. The van der Waals surface area contributed by atoms with Crippen molar-refractivity contribution >= 4 is 11.5 Å². The van der Waals surface area contributed by atoms with Gasteiger partial charge in [0.25, 0.3) is 0 Å². The lowest BCUT2D eigenvalue weighted by molar-refractivity contribution is 0.410. The maximum atomic E-state index is 13.3. The van der Waals surface area contributed by atoms with E-state index in [2.05, 4.69) is 19.8 Å². The molecule has 1 aromatic heterocycles. The van der Waals surface area contributed by atoms with E-state index in [-0.39, 0.29) is 5.82 Å². The third-order valence-electron chi connectivity index (χ3n) is 4.04. The first-order valence-electron chi connectivity index (χ1n) is 7.72. The fraction of sp³-hybridized carbons (Fsp3) is 0.412. The summed E-state index contributed by atoms with van der Waals surface area (Å²) in [6.45, 7) is 7.29. The molecule has 0 aliphatic carbocycles. The summed E-state index contributed by atoms with van der Waals surface area (Å²) in [7, 11) is 1.57. The van der Waals surface area contributed by atoms with Gasteiger partial charge in [-0.15, -0.1) is 0 Å². The Morgan fingerprint density at radius 1 is 1.00 bits per heavy atom. The number of aromatic nitrogens is 2. The summed E-state index contributed by atoms with van der Waals surface area (Å²) in [5, 5.41) is 0. The van der Waals surface area contributed by atoms with Crippen molar-refractivity contribution in [2.75, 3.05) is 43.1 Å². The number of rotatable bonds is 3. The number of ether oxygens (including phenoxy) is 1. The molecule has 0 atom stereocenters. The van der Waals surface area contributed by atoms with Crippen LogP contribution in [0, 0.1) is 19.7 Å². The molecule has 1 fully saturated rings. The lowest BCUT2D eigenvalue weighted by Gasteiger charge is -2.37. The van der Waals surface area contributed by atoms with Gasteiger partial charge >= 0.3 is 0 Å². The van der Waals surface area contributed by atoms with Crippen LogP contribution in [0.4, 0.5) is 15.9 Å². The molecular formula is C17H21FN4O. The van der Waals surface area contributed by atoms with Crippen LogP contribution in [0.25, 0.3) is 0 Å². The van der Waals surface area contributed by atoms with Gasteiger partial charge in [0.1, 0.15) is 23.2 Å². The van der Waals surface area contributed by atoms with Gasteiger partial charge in [-0.25, -0.2) is 14.4 Å². The largest absolute Gasteiger partial charge is 0.494 e. The van der Waals surface area contributed by atoms with Crippen molar-refractivity contribution in [3.05, 3.63) is 41.6 Å². The van der Waals surface area contributed by atoms with E-state index in [9.17, 15) is 4.39 Å². The van der Waals surface area contributed by atoms with Crippen LogP contribution in [-0.4, -0.2) is 43.3 Å². The molecule has 2 aromatic rings. The van der Waals surface area contributed by atoms with Gasteiger partial charge in [-0.05, 0) is 26.0 Å². The predicted molar refractivity (Wildman–Crippen MR) is 88.9 cm³/mol. The maximum absolute atomic E-state index is 13.3.